The molecule has 0 aliphatic rings. The highest BCUT2D eigenvalue weighted by Gasteiger charge is 2.09. The summed E-state index contributed by atoms with van der Waals surface area (Å²) < 4.78 is 6.15. The maximum absolute atomic E-state index is 5.45. The number of aryl methyl sites for hydroxylation is 1. The molecule has 2 rings (SSSR count). The SMILES string of the molecule is NCCCCCCc1nc(-c2ccc(Br)cn2)no1. The van der Waals surface area contributed by atoms with Crippen LogP contribution < -0.4 is 5.73 Å². The number of hydrogen-bond donors (Lipinski definition) is 1. The average Bonchev–Trinajstić information content (AvgIpc) is 2.88. The van der Waals surface area contributed by atoms with E-state index in [9.17, 15) is 0 Å². The molecule has 5 nitrogen and oxygen atoms in total. The van der Waals surface area contributed by atoms with E-state index < -0.39 is 0 Å². The zero-order valence-corrected chi connectivity index (χ0v) is 12.3. The zero-order valence-electron chi connectivity index (χ0n) is 10.7. The molecule has 2 heterocycles. The molecule has 19 heavy (non-hydrogen) atoms. The Hall–Kier alpha value is -1.27. The summed E-state index contributed by atoms with van der Waals surface area (Å²) >= 11 is 3.34. The number of rotatable bonds is 7. The second-order valence-electron chi connectivity index (χ2n) is 4.33. The summed E-state index contributed by atoms with van der Waals surface area (Å²) in [5.74, 6) is 1.22. The molecule has 0 saturated heterocycles. The molecule has 0 spiro atoms. The fourth-order valence-electron chi connectivity index (χ4n) is 1.74. The molecule has 0 radical (unpaired) electrons. The summed E-state index contributed by atoms with van der Waals surface area (Å²) in [4.78, 5) is 8.58. The lowest BCUT2D eigenvalue weighted by molar-refractivity contribution is 0.374. The quantitative estimate of drug-likeness (QED) is 0.792. The fourth-order valence-corrected chi connectivity index (χ4v) is 1.98. The molecule has 0 unspecified atom stereocenters. The van der Waals surface area contributed by atoms with Crippen molar-refractivity contribution in [2.24, 2.45) is 5.73 Å². The highest BCUT2D eigenvalue weighted by atomic mass is 79.9. The summed E-state index contributed by atoms with van der Waals surface area (Å²) in [6.45, 7) is 0.764. The second kappa shape index (κ2) is 7.35. The number of hydrogen-bond acceptors (Lipinski definition) is 5. The van der Waals surface area contributed by atoms with E-state index in [1.807, 2.05) is 12.1 Å². The predicted molar refractivity (Wildman–Crippen MR) is 76.5 cm³/mol. The molecule has 0 aromatic carbocycles. The minimum Gasteiger partial charge on any atom is -0.339 e. The Morgan fingerprint density at radius 2 is 2.00 bits per heavy atom. The van der Waals surface area contributed by atoms with Gasteiger partial charge in [0.1, 0.15) is 5.69 Å². The van der Waals surface area contributed by atoms with E-state index in [-0.39, 0.29) is 0 Å². The third-order valence-corrected chi connectivity index (χ3v) is 3.24. The normalized spacial score (nSPS) is 10.8. The third kappa shape index (κ3) is 4.40. The van der Waals surface area contributed by atoms with E-state index in [2.05, 4.69) is 31.1 Å². The van der Waals surface area contributed by atoms with Gasteiger partial charge in [0.25, 0.3) is 0 Å². The Morgan fingerprint density at radius 3 is 2.74 bits per heavy atom. The monoisotopic (exact) mass is 324 g/mol. The Kier molecular flexibility index (Phi) is 5.47. The van der Waals surface area contributed by atoms with Crippen molar-refractivity contribution in [3.05, 3.63) is 28.7 Å². The number of pyridine rings is 1. The molecule has 2 aromatic rings. The van der Waals surface area contributed by atoms with E-state index in [0.717, 1.165) is 48.8 Å². The van der Waals surface area contributed by atoms with Gasteiger partial charge in [-0.2, -0.15) is 4.98 Å². The van der Waals surface area contributed by atoms with Crippen LogP contribution in [-0.2, 0) is 6.42 Å². The molecule has 0 amide bonds. The molecule has 0 fully saturated rings. The van der Waals surface area contributed by atoms with Gasteiger partial charge in [-0.3, -0.25) is 4.98 Å². The van der Waals surface area contributed by atoms with E-state index in [4.69, 9.17) is 10.3 Å². The zero-order chi connectivity index (χ0) is 13.5. The topological polar surface area (TPSA) is 77.8 Å². The van der Waals surface area contributed by atoms with E-state index in [0.29, 0.717) is 11.7 Å². The molecular weight excluding hydrogens is 308 g/mol. The minimum atomic E-state index is 0.546. The molecule has 0 saturated carbocycles. The number of halogens is 1. The number of nitrogens with two attached hydrogens (primary N) is 1. The van der Waals surface area contributed by atoms with Crippen molar-refractivity contribution in [2.45, 2.75) is 32.1 Å². The first kappa shape index (κ1) is 14.1. The molecule has 0 aliphatic carbocycles. The first-order valence-corrected chi connectivity index (χ1v) is 7.23. The van der Waals surface area contributed by atoms with Gasteiger partial charge in [0.05, 0.1) is 0 Å². The lowest BCUT2D eigenvalue weighted by Gasteiger charge is -1.96. The van der Waals surface area contributed by atoms with E-state index in [1.165, 1.54) is 0 Å². The van der Waals surface area contributed by atoms with Gasteiger partial charge in [0.2, 0.25) is 11.7 Å². The van der Waals surface area contributed by atoms with Crippen LogP contribution >= 0.6 is 15.9 Å². The highest BCUT2D eigenvalue weighted by molar-refractivity contribution is 9.10. The first-order valence-electron chi connectivity index (χ1n) is 6.44. The largest absolute Gasteiger partial charge is 0.339 e. The first-order chi connectivity index (χ1) is 9.29. The van der Waals surface area contributed by atoms with Crippen molar-refractivity contribution in [3.8, 4) is 11.5 Å². The van der Waals surface area contributed by atoms with Crippen LogP contribution in [0.5, 0.6) is 0 Å². The number of aromatic nitrogens is 3. The van der Waals surface area contributed by atoms with Crippen LogP contribution in [0.15, 0.2) is 27.3 Å². The Labute approximate surface area is 120 Å². The van der Waals surface area contributed by atoms with Crippen LogP contribution in [0.25, 0.3) is 11.5 Å². The van der Waals surface area contributed by atoms with E-state index >= 15 is 0 Å². The van der Waals surface area contributed by atoms with Crippen LogP contribution in [0, 0.1) is 0 Å². The van der Waals surface area contributed by atoms with Crippen molar-refractivity contribution in [2.75, 3.05) is 6.54 Å². The van der Waals surface area contributed by atoms with Gasteiger partial charge in [-0.05, 0) is 47.4 Å². The summed E-state index contributed by atoms with van der Waals surface area (Å²) in [6, 6.07) is 3.77. The van der Waals surface area contributed by atoms with E-state index in [1.54, 1.807) is 6.20 Å². The molecule has 0 atom stereocenters. The van der Waals surface area contributed by atoms with Gasteiger partial charge in [0, 0.05) is 17.1 Å². The van der Waals surface area contributed by atoms with Crippen LogP contribution in [0.3, 0.4) is 0 Å². The molecule has 2 aromatic heterocycles. The van der Waals surface area contributed by atoms with Crippen LogP contribution in [-0.4, -0.2) is 21.7 Å². The van der Waals surface area contributed by atoms with Crippen molar-refractivity contribution in [1.29, 1.82) is 0 Å². The summed E-state index contributed by atoms with van der Waals surface area (Å²) in [6.07, 6.45) is 6.97. The summed E-state index contributed by atoms with van der Waals surface area (Å²) in [5, 5.41) is 3.95. The molecule has 6 heteroatoms. The molecule has 0 aliphatic heterocycles. The Bertz CT molecular complexity index is 498. The van der Waals surface area contributed by atoms with Crippen LogP contribution in [0.1, 0.15) is 31.6 Å². The van der Waals surface area contributed by atoms with Crippen molar-refractivity contribution >= 4 is 15.9 Å². The minimum absolute atomic E-state index is 0.546. The molecule has 2 N–H and O–H groups in total. The van der Waals surface area contributed by atoms with Crippen molar-refractivity contribution in [1.82, 2.24) is 15.1 Å². The van der Waals surface area contributed by atoms with Crippen molar-refractivity contribution in [3.63, 3.8) is 0 Å². The van der Waals surface area contributed by atoms with Crippen LogP contribution in [0.2, 0.25) is 0 Å². The lowest BCUT2D eigenvalue weighted by Crippen LogP contribution is -1.97. The Balaban J connectivity index is 1.86. The molecule has 102 valence electrons. The average molecular weight is 325 g/mol. The van der Waals surface area contributed by atoms with Gasteiger partial charge in [0.15, 0.2) is 0 Å². The van der Waals surface area contributed by atoms with Gasteiger partial charge < -0.3 is 10.3 Å². The maximum atomic E-state index is 5.45. The van der Waals surface area contributed by atoms with Gasteiger partial charge in [-0.25, -0.2) is 0 Å². The smallest absolute Gasteiger partial charge is 0.227 e. The second-order valence-corrected chi connectivity index (χ2v) is 5.24. The highest BCUT2D eigenvalue weighted by Crippen LogP contribution is 2.16. The van der Waals surface area contributed by atoms with Gasteiger partial charge in [-0.15, -0.1) is 0 Å². The fraction of sp³-hybridized carbons (Fsp3) is 0.462. The Morgan fingerprint density at radius 1 is 1.16 bits per heavy atom. The number of nitrogens with zero attached hydrogens (tertiary/aromatic N) is 3. The van der Waals surface area contributed by atoms with Crippen molar-refractivity contribution < 1.29 is 4.52 Å². The predicted octanol–water partition coefficient (Wildman–Crippen LogP) is 2.96. The molecular formula is C13H17BrN4O. The molecule has 0 bridgehead atoms. The third-order valence-electron chi connectivity index (χ3n) is 2.77. The lowest BCUT2D eigenvalue weighted by atomic mass is 10.1. The summed E-state index contributed by atoms with van der Waals surface area (Å²) in [7, 11) is 0. The standard InChI is InChI=1S/C13H17BrN4O/c14-10-6-7-11(16-9-10)13-17-12(19-18-13)5-3-1-2-4-8-15/h6-7,9H,1-5,8,15H2. The van der Waals surface area contributed by atoms with Gasteiger partial charge >= 0.3 is 0 Å². The van der Waals surface area contributed by atoms with Crippen LogP contribution in [0.4, 0.5) is 0 Å². The van der Waals surface area contributed by atoms with Gasteiger partial charge in [-0.1, -0.05) is 18.0 Å². The maximum Gasteiger partial charge on any atom is 0.227 e. The number of unbranched alkanes of at least 4 members (excludes halogenated alkanes) is 3. The summed E-state index contributed by atoms with van der Waals surface area (Å²) in [5.41, 5.74) is 6.17.